The molecule has 2 fully saturated rings. The minimum Gasteiger partial charge on any atom is -0.420 e. The maximum absolute atomic E-state index is 13.6. The van der Waals surface area contributed by atoms with Crippen LogP contribution < -0.4 is 15.4 Å². The van der Waals surface area contributed by atoms with Crippen LogP contribution in [0.15, 0.2) is 24.5 Å². The van der Waals surface area contributed by atoms with Gasteiger partial charge in [-0.1, -0.05) is 11.6 Å². The SMILES string of the molecule is O=C(CCOCCOCCOCCOCCn1cc(COCCOCCOCCOCCNC(=O)[C@H]2CCC[C@@H]2Nc2nc(Cl)nc3c2cnn3[C@@H]2O[C@H](COP(=O)(O)CP(=O)(O)O)[C@@H](O)[C@H]2O)nn1)Oc1c(F)cc(F)cc1F. The zero-order valence-electron chi connectivity index (χ0n) is 43.1. The fourth-order valence-electron chi connectivity index (χ4n) is 7.94. The highest BCUT2D eigenvalue weighted by Gasteiger charge is 2.46. The minimum absolute atomic E-state index is 0.0658. The Balaban J connectivity index is 0.719. The first kappa shape index (κ1) is 64.8. The highest BCUT2D eigenvalue weighted by molar-refractivity contribution is 7.70. The van der Waals surface area contributed by atoms with Crippen molar-refractivity contribution in [1.29, 1.82) is 0 Å². The van der Waals surface area contributed by atoms with E-state index in [-0.39, 0.29) is 74.7 Å². The van der Waals surface area contributed by atoms with Gasteiger partial charge in [0.2, 0.25) is 16.9 Å². The fraction of sp³-hybridized carbons (Fsp3) is 0.667. The Morgan fingerprint density at radius 3 is 2.02 bits per heavy atom. The van der Waals surface area contributed by atoms with E-state index in [1.54, 1.807) is 10.9 Å². The lowest BCUT2D eigenvalue weighted by atomic mass is 10.0. The molecule has 4 aromatic rings. The van der Waals surface area contributed by atoms with E-state index in [4.69, 9.17) is 68.5 Å². The number of nitrogens with one attached hydrogen (secondary N) is 2. The van der Waals surface area contributed by atoms with Gasteiger partial charge in [0, 0.05) is 24.7 Å². The van der Waals surface area contributed by atoms with Crippen molar-refractivity contribution < 1.29 is 109 Å². The monoisotopic (exact) mass is 1210 g/mol. The lowest BCUT2D eigenvalue weighted by Crippen LogP contribution is -2.39. The Hall–Kier alpha value is -4.41. The number of rotatable bonds is 39. The average molecular weight is 1210 g/mol. The predicted octanol–water partition coefficient (Wildman–Crippen LogP) is 1.47. The summed E-state index contributed by atoms with van der Waals surface area (Å²) < 4.78 is 125. The van der Waals surface area contributed by atoms with E-state index in [1.165, 1.54) is 6.20 Å². The molecule has 1 amide bonds. The number of carbonyl (C=O) groups excluding carboxylic acids is 2. The second-order valence-corrected chi connectivity index (χ2v) is 22.1. The molecule has 1 aromatic carbocycles. The van der Waals surface area contributed by atoms with Gasteiger partial charge in [-0.3, -0.25) is 18.7 Å². The molecule has 80 heavy (non-hydrogen) atoms. The number of hydrogen-bond acceptors (Lipinski definition) is 23. The number of anilines is 1. The first-order chi connectivity index (χ1) is 38.4. The Bertz CT molecular complexity index is 2640. The second kappa shape index (κ2) is 33.0. The van der Waals surface area contributed by atoms with E-state index in [0.29, 0.717) is 115 Å². The third-order valence-electron chi connectivity index (χ3n) is 11.7. The summed E-state index contributed by atoms with van der Waals surface area (Å²) in [4.78, 5) is 61.4. The van der Waals surface area contributed by atoms with E-state index >= 15 is 0 Å². The van der Waals surface area contributed by atoms with Crippen molar-refractivity contribution in [3.05, 3.63) is 53.0 Å². The first-order valence-corrected chi connectivity index (χ1v) is 29.1. The molecule has 2 aliphatic rings. The van der Waals surface area contributed by atoms with Gasteiger partial charge < -0.3 is 87.4 Å². The molecule has 0 bridgehead atoms. The maximum Gasteiger partial charge on any atom is 0.340 e. The number of ether oxygens (including phenoxy) is 10. The van der Waals surface area contributed by atoms with Crippen molar-refractivity contribution in [3.63, 3.8) is 0 Å². The number of esters is 1. The number of halogens is 4. The number of amides is 1. The normalized spacial score (nSPS) is 20.2. The van der Waals surface area contributed by atoms with Gasteiger partial charge in [-0.05, 0) is 24.4 Å². The summed E-state index contributed by atoms with van der Waals surface area (Å²) in [6, 6.07) is 0.482. The number of fused-ring (bicyclic) bond motifs is 1. The Kier molecular flexibility index (Phi) is 26.7. The average Bonchev–Trinajstić information content (AvgIpc) is 4.30. The van der Waals surface area contributed by atoms with E-state index in [0.717, 1.165) is 11.1 Å². The van der Waals surface area contributed by atoms with Gasteiger partial charge in [-0.15, -0.1) is 5.10 Å². The Morgan fingerprint density at radius 1 is 0.787 bits per heavy atom. The zero-order chi connectivity index (χ0) is 57.5. The topological polar surface area (TPSA) is 369 Å². The van der Waals surface area contributed by atoms with E-state index in [2.05, 4.69) is 40.7 Å². The molecule has 1 aliphatic heterocycles. The van der Waals surface area contributed by atoms with Crippen LogP contribution in [-0.2, 0) is 79.0 Å². The van der Waals surface area contributed by atoms with Crippen LogP contribution in [0.3, 0.4) is 0 Å². The zero-order valence-corrected chi connectivity index (χ0v) is 45.7. The van der Waals surface area contributed by atoms with Gasteiger partial charge in [0.1, 0.15) is 35.6 Å². The van der Waals surface area contributed by atoms with Crippen molar-refractivity contribution >= 4 is 55.5 Å². The molecule has 1 saturated heterocycles. The number of aliphatic hydroxyl groups excluding tert-OH is 2. The minimum atomic E-state index is -4.91. The number of hydrogen-bond donors (Lipinski definition) is 7. The highest BCUT2D eigenvalue weighted by Crippen LogP contribution is 2.55. The van der Waals surface area contributed by atoms with Crippen LogP contribution in [0, 0.1) is 23.4 Å². The van der Waals surface area contributed by atoms with Crippen molar-refractivity contribution in [2.24, 2.45) is 5.92 Å². The first-order valence-electron chi connectivity index (χ1n) is 25.2. The van der Waals surface area contributed by atoms with Crippen LogP contribution in [0.5, 0.6) is 5.75 Å². The van der Waals surface area contributed by atoms with Crippen molar-refractivity contribution in [1.82, 2.24) is 40.1 Å². The standard InChI is InChI=1S/C45H65ClF3N9O20P2/c46-45-53-41(32-24-51-58(42(32)54-45)44-39(61)38(60)36(77-44)27-76-80(66,67)28-79(63,64)65)52-35-3-1-2-31(35)43(62)50-5-8-69-11-14-72-18-19-74-20-21-75-26-30-25-57(56-55-30)6-9-70-12-15-73-17-16-71-13-10-68-7-4-37(59)78-40-33(48)22-29(47)23-34(40)49/h22-25,31,35-36,38-39,44,60-61H,1-21,26-28H2,(H,50,62)(H,66,67)(H,52,53,54)(H2,63,64,65)/t31-,35-,36+,38+,39+,44+/m0/s1. The Labute approximate surface area is 460 Å². The van der Waals surface area contributed by atoms with Gasteiger partial charge in [0.25, 0.3) is 0 Å². The summed E-state index contributed by atoms with van der Waals surface area (Å²) in [5, 5.41) is 40.1. The summed E-state index contributed by atoms with van der Waals surface area (Å²) in [7, 11) is -9.68. The van der Waals surface area contributed by atoms with Gasteiger partial charge in [-0.25, -0.2) is 22.5 Å². The summed E-state index contributed by atoms with van der Waals surface area (Å²) in [6.45, 7) is 4.51. The highest BCUT2D eigenvalue weighted by atomic mass is 35.5. The summed E-state index contributed by atoms with van der Waals surface area (Å²) in [5.74, 6) is -7.46. The number of aromatic nitrogens is 7. The molecular weight excluding hydrogens is 1140 g/mol. The van der Waals surface area contributed by atoms with Crippen molar-refractivity contribution in [2.45, 2.75) is 69.4 Å². The van der Waals surface area contributed by atoms with Crippen LogP contribution in [-0.4, -0.2) is 214 Å². The van der Waals surface area contributed by atoms with Crippen LogP contribution >= 0.6 is 26.8 Å². The van der Waals surface area contributed by atoms with E-state index < -0.39 is 87.3 Å². The van der Waals surface area contributed by atoms with Crippen LogP contribution in [0.2, 0.25) is 5.28 Å². The second-order valence-electron chi connectivity index (χ2n) is 17.8. The largest absolute Gasteiger partial charge is 0.420 e. The number of aliphatic hydroxyl groups is 2. The quantitative estimate of drug-likeness (QED) is 0.0109. The Morgan fingerprint density at radius 2 is 1.39 bits per heavy atom. The van der Waals surface area contributed by atoms with Gasteiger partial charge in [0.15, 0.2) is 29.4 Å². The molecule has 4 heterocycles. The lowest BCUT2D eigenvalue weighted by molar-refractivity contribution is -0.136. The van der Waals surface area contributed by atoms with E-state index in [9.17, 15) is 47.0 Å². The molecule has 6 rings (SSSR count). The maximum atomic E-state index is 13.6. The lowest BCUT2D eigenvalue weighted by Gasteiger charge is -2.21. The molecule has 7 atom stereocenters. The van der Waals surface area contributed by atoms with Gasteiger partial charge in [-0.2, -0.15) is 15.1 Å². The summed E-state index contributed by atoms with van der Waals surface area (Å²) in [5.41, 5.74) is 0.742. The molecule has 1 unspecified atom stereocenters. The number of benzene rings is 1. The van der Waals surface area contributed by atoms with Crippen molar-refractivity contribution in [2.75, 3.05) is 123 Å². The molecule has 35 heteroatoms. The van der Waals surface area contributed by atoms with Crippen LogP contribution in [0.4, 0.5) is 19.0 Å². The van der Waals surface area contributed by atoms with Crippen molar-refractivity contribution in [3.8, 4) is 5.75 Å². The van der Waals surface area contributed by atoms with Crippen LogP contribution in [0.25, 0.3) is 11.0 Å². The molecule has 448 valence electrons. The summed E-state index contributed by atoms with van der Waals surface area (Å²) in [6.07, 6.45) is -1.20. The smallest absolute Gasteiger partial charge is 0.340 e. The van der Waals surface area contributed by atoms with Crippen LogP contribution in [0.1, 0.15) is 37.6 Å². The van der Waals surface area contributed by atoms with E-state index in [1.807, 2.05) is 0 Å². The third kappa shape index (κ3) is 21.7. The molecule has 0 radical (unpaired) electrons. The molecule has 29 nitrogen and oxygen atoms in total. The molecule has 3 aromatic heterocycles. The number of carbonyl (C=O) groups is 2. The fourth-order valence-corrected chi connectivity index (χ4v) is 10.7. The molecule has 1 saturated carbocycles. The molecular formula is C45H65ClF3N9O20P2. The summed E-state index contributed by atoms with van der Waals surface area (Å²) >= 11 is 6.29. The third-order valence-corrected chi connectivity index (χ3v) is 15.3. The van der Waals surface area contributed by atoms with Gasteiger partial charge >= 0.3 is 21.2 Å². The predicted molar refractivity (Wildman–Crippen MR) is 269 cm³/mol. The molecule has 7 N–H and O–H groups in total. The number of nitrogens with zero attached hydrogens (tertiary/aromatic N) is 7. The van der Waals surface area contributed by atoms with Gasteiger partial charge in [0.05, 0.1) is 149 Å². The molecule has 0 spiro atoms. The molecule has 1 aliphatic carbocycles.